The van der Waals surface area contributed by atoms with Crippen LogP contribution in [0, 0.1) is 18.3 Å². The SMILES string of the molecule is CCCC(Oc1ccc(C#N)c(C(F)(F)F)c1)C(=O)NCc1ccccc1C. The predicted octanol–water partition coefficient (Wildman–Crippen LogP) is 4.75. The van der Waals surface area contributed by atoms with Gasteiger partial charge in [0.25, 0.3) is 5.91 Å². The van der Waals surface area contributed by atoms with Crippen LogP contribution in [-0.2, 0) is 17.5 Å². The molecular formula is C21H21F3N2O2. The zero-order chi connectivity index (χ0) is 20.7. The Labute approximate surface area is 161 Å². The van der Waals surface area contributed by atoms with Crippen LogP contribution in [0.2, 0.25) is 0 Å². The Morgan fingerprint density at radius 2 is 1.96 bits per heavy atom. The van der Waals surface area contributed by atoms with Crippen molar-refractivity contribution in [2.24, 2.45) is 0 Å². The number of nitrogens with one attached hydrogen (secondary N) is 1. The lowest BCUT2D eigenvalue weighted by molar-refractivity contribution is -0.137. The quantitative estimate of drug-likeness (QED) is 0.742. The van der Waals surface area contributed by atoms with Gasteiger partial charge >= 0.3 is 6.18 Å². The second-order valence-electron chi connectivity index (χ2n) is 6.36. The number of nitriles is 1. The third kappa shape index (κ3) is 5.49. The monoisotopic (exact) mass is 390 g/mol. The van der Waals surface area contributed by atoms with E-state index in [1.165, 1.54) is 12.1 Å². The number of benzene rings is 2. The van der Waals surface area contributed by atoms with Gasteiger partial charge in [-0.05, 0) is 42.7 Å². The summed E-state index contributed by atoms with van der Waals surface area (Å²) < 4.78 is 44.9. The Balaban J connectivity index is 2.15. The van der Waals surface area contributed by atoms with Gasteiger partial charge in [-0.3, -0.25) is 4.79 Å². The molecule has 0 bridgehead atoms. The highest BCUT2D eigenvalue weighted by atomic mass is 19.4. The van der Waals surface area contributed by atoms with E-state index < -0.39 is 29.3 Å². The van der Waals surface area contributed by atoms with Crippen LogP contribution in [0.1, 0.15) is 42.0 Å². The van der Waals surface area contributed by atoms with Crippen LogP contribution in [0.5, 0.6) is 5.75 Å². The summed E-state index contributed by atoms with van der Waals surface area (Å²) in [5.41, 5.74) is 0.403. The zero-order valence-electron chi connectivity index (χ0n) is 15.6. The lowest BCUT2D eigenvalue weighted by atomic mass is 10.1. The van der Waals surface area contributed by atoms with Crippen LogP contribution < -0.4 is 10.1 Å². The fourth-order valence-corrected chi connectivity index (χ4v) is 2.70. The van der Waals surface area contributed by atoms with Gasteiger partial charge in [-0.1, -0.05) is 37.6 Å². The molecule has 1 atom stereocenters. The summed E-state index contributed by atoms with van der Waals surface area (Å²) in [6, 6.07) is 12.2. The molecular weight excluding hydrogens is 369 g/mol. The van der Waals surface area contributed by atoms with Crippen LogP contribution in [0.15, 0.2) is 42.5 Å². The number of halogens is 3. The highest BCUT2D eigenvalue weighted by Gasteiger charge is 2.34. The van der Waals surface area contributed by atoms with Gasteiger partial charge in [-0.15, -0.1) is 0 Å². The second kappa shape index (κ2) is 9.27. The second-order valence-corrected chi connectivity index (χ2v) is 6.36. The first-order valence-electron chi connectivity index (χ1n) is 8.86. The third-order valence-corrected chi connectivity index (χ3v) is 4.25. The largest absolute Gasteiger partial charge is 0.481 e. The molecule has 148 valence electrons. The first-order chi connectivity index (χ1) is 13.3. The molecule has 7 heteroatoms. The molecule has 1 unspecified atom stereocenters. The van der Waals surface area contributed by atoms with Gasteiger partial charge in [-0.2, -0.15) is 18.4 Å². The van der Waals surface area contributed by atoms with Crippen molar-refractivity contribution in [1.29, 1.82) is 5.26 Å². The molecule has 2 aromatic carbocycles. The highest BCUT2D eigenvalue weighted by molar-refractivity contribution is 5.81. The smallest absolute Gasteiger partial charge is 0.417 e. The minimum atomic E-state index is -4.68. The molecule has 0 aliphatic rings. The topological polar surface area (TPSA) is 62.1 Å². The van der Waals surface area contributed by atoms with E-state index in [9.17, 15) is 18.0 Å². The molecule has 4 nitrogen and oxygen atoms in total. The maximum atomic E-state index is 13.1. The number of alkyl halides is 3. The molecule has 28 heavy (non-hydrogen) atoms. The fourth-order valence-electron chi connectivity index (χ4n) is 2.70. The molecule has 0 saturated carbocycles. The van der Waals surface area contributed by atoms with E-state index in [1.807, 2.05) is 38.1 Å². The van der Waals surface area contributed by atoms with E-state index in [1.54, 1.807) is 0 Å². The number of aryl methyl sites for hydroxylation is 1. The Morgan fingerprint density at radius 1 is 1.25 bits per heavy atom. The van der Waals surface area contributed by atoms with Crippen molar-refractivity contribution in [1.82, 2.24) is 5.32 Å². The van der Waals surface area contributed by atoms with Gasteiger partial charge in [0, 0.05) is 6.54 Å². The zero-order valence-corrected chi connectivity index (χ0v) is 15.6. The first kappa shape index (κ1) is 21.3. The summed E-state index contributed by atoms with van der Waals surface area (Å²) in [5.74, 6) is -0.501. The fraction of sp³-hybridized carbons (Fsp3) is 0.333. The van der Waals surface area contributed by atoms with Gasteiger partial charge in [0.15, 0.2) is 6.10 Å². The molecule has 0 spiro atoms. The molecule has 0 radical (unpaired) electrons. The summed E-state index contributed by atoms with van der Waals surface area (Å²) in [4.78, 5) is 12.5. The van der Waals surface area contributed by atoms with Crippen LogP contribution in [0.3, 0.4) is 0 Å². The van der Waals surface area contributed by atoms with Crippen LogP contribution in [-0.4, -0.2) is 12.0 Å². The van der Waals surface area contributed by atoms with E-state index in [4.69, 9.17) is 10.00 Å². The molecule has 0 aromatic heterocycles. The Kier molecular flexibility index (Phi) is 7.05. The standard InChI is InChI=1S/C21H21F3N2O2/c1-3-6-19(20(27)26-13-16-8-5-4-7-14(16)2)28-17-10-9-15(12-25)18(11-17)21(22,23)24/h4-5,7-11,19H,3,6,13H2,1-2H3,(H,26,27). The normalized spacial score (nSPS) is 12.1. The van der Waals surface area contributed by atoms with E-state index >= 15 is 0 Å². The van der Waals surface area contributed by atoms with Gasteiger partial charge in [0.2, 0.25) is 0 Å². The maximum absolute atomic E-state index is 13.1. The summed E-state index contributed by atoms with van der Waals surface area (Å²) in [6.07, 6.45) is -4.65. The molecule has 2 rings (SSSR count). The van der Waals surface area contributed by atoms with E-state index in [2.05, 4.69) is 5.32 Å². The Morgan fingerprint density at radius 3 is 2.57 bits per heavy atom. The number of nitrogens with zero attached hydrogens (tertiary/aromatic N) is 1. The van der Waals surface area contributed by atoms with Crippen molar-refractivity contribution in [2.75, 3.05) is 0 Å². The molecule has 0 fully saturated rings. The summed E-state index contributed by atoms with van der Waals surface area (Å²) in [7, 11) is 0. The Bertz CT molecular complexity index is 873. The number of hydrogen-bond acceptors (Lipinski definition) is 3. The number of hydrogen-bond donors (Lipinski definition) is 1. The maximum Gasteiger partial charge on any atom is 0.417 e. The van der Waals surface area contributed by atoms with Crippen molar-refractivity contribution in [3.8, 4) is 11.8 Å². The molecule has 1 amide bonds. The third-order valence-electron chi connectivity index (χ3n) is 4.25. The summed E-state index contributed by atoms with van der Waals surface area (Å²) in [5, 5.41) is 11.6. The molecule has 0 saturated heterocycles. The molecule has 1 N–H and O–H groups in total. The highest BCUT2D eigenvalue weighted by Crippen LogP contribution is 2.34. The number of rotatable bonds is 7. The van der Waals surface area contributed by atoms with E-state index in [0.29, 0.717) is 19.4 Å². The van der Waals surface area contributed by atoms with Gasteiger partial charge in [0.1, 0.15) is 5.75 Å². The predicted molar refractivity (Wildman–Crippen MR) is 98.5 cm³/mol. The lowest BCUT2D eigenvalue weighted by Crippen LogP contribution is -2.38. The van der Waals surface area contributed by atoms with Crippen LogP contribution in [0.4, 0.5) is 13.2 Å². The average Bonchev–Trinajstić information content (AvgIpc) is 2.66. The molecule has 0 heterocycles. The first-order valence-corrected chi connectivity index (χ1v) is 8.86. The van der Waals surface area contributed by atoms with Gasteiger partial charge in [0.05, 0.1) is 17.2 Å². The van der Waals surface area contributed by atoms with Gasteiger partial charge < -0.3 is 10.1 Å². The van der Waals surface area contributed by atoms with Crippen LogP contribution in [0.25, 0.3) is 0 Å². The minimum Gasteiger partial charge on any atom is -0.481 e. The molecule has 0 aliphatic carbocycles. The summed E-state index contributed by atoms with van der Waals surface area (Å²) in [6.45, 7) is 4.08. The molecule has 0 aliphatic heterocycles. The van der Waals surface area contributed by atoms with Crippen molar-refractivity contribution in [2.45, 2.75) is 45.5 Å². The van der Waals surface area contributed by atoms with Crippen molar-refractivity contribution < 1.29 is 22.7 Å². The van der Waals surface area contributed by atoms with Crippen molar-refractivity contribution in [3.63, 3.8) is 0 Å². The Hall–Kier alpha value is -3.01. The average molecular weight is 390 g/mol. The lowest BCUT2D eigenvalue weighted by Gasteiger charge is -2.20. The van der Waals surface area contributed by atoms with Crippen molar-refractivity contribution in [3.05, 3.63) is 64.7 Å². The number of amides is 1. The van der Waals surface area contributed by atoms with Crippen LogP contribution >= 0.6 is 0 Å². The molecule has 2 aromatic rings. The van der Waals surface area contributed by atoms with Gasteiger partial charge in [-0.25, -0.2) is 0 Å². The van der Waals surface area contributed by atoms with E-state index in [0.717, 1.165) is 23.3 Å². The number of carbonyl (C=O) groups excluding carboxylic acids is 1. The van der Waals surface area contributed by atoms with Crippen molar-refractivity contribution >= 4 is 5.91 Å². The number of ether oxygens (including phenoxy) is 1. The number of carbonyl (C=O) groups is 1. The minimum absolute atomic E-state index is 0.101. The van der Waals surface area contributed by atoms with E-state index in [-0.39, 0.29) is 5.75 Å². The summed E-state index contributed by atoms with van der Waals surface area (Å²) >= 11 is 0.